The van der Waals surface area contributed by atoms with Crippen molar-refractivity contribution in [2.24, 2.45) is 5.73 Å². The Morgan fingerprint density at radius 1 is 0.930 bits per heavy atom. The highest BCUT2D eigenvalue weighted by Gasteiger charge is 2.35. The minimum absolute atomic E-state index is 0.00000421. The van der Waals surface area contributed by atoms with Gasteiger partial charge in [0.2, 0.25) is 17.7 Å². The number of nitrogens with zero attached hydrogens (tertiary/aromatic N) is 4. The van der Waals surface area contributed by atoms with Gasteiger partial charge in [0.25, 0.3) is 17.7 Å². The van der Waals surface area contributed by atoms with Crippen molar-refractivity contribution in [2.75, 3.05) is 37.2 Å². The number of primary amides is 1. The van der Waals surface area contributed by atoms with Crippen LogP contribution < -0.4 is 27.4 Å². The fourth-order valence-electron chi connectivity index (χ4n) is 7.86. The fourth-order valence-corrected chi connectivity index (χ4v) is 7.86. The summed E-state index contributed by atoms with van der Waals surface area (Å²) in [5.41, 5.74) is 16.7. The van der Waals surface area contributed by atoms with Gasteiger partial charge in [-0.05, 0) is 66.3 Å². The van der Waals surface area contributed by atoms with Gasteiger partial charge in [0.05, 0.1) is 17.8 Å². The molecule has 4 aromatic rings. The SMILES string of the molecule is NC(=O)CCCCCC(c1cc(C2CCC(=O)NC2=O)cc2c1CNC2=O)N1CCN(C(=O)c2ccc(-c3cnc(N)c(C(=O)Nc4ccccc4)n3)cc2)CC1. The van der Waals surface area contributed by atoms with Gasteiger partial charge in [0, 0.05) is 74.0 Å². The summed E-state index contributed by atoms with van der Waals surface area (Å²) in [6, 6.07) is 19.7. The van der Waals surface area contributed by atoms with Crippen molar-refractivity contribution in [1.29, 1.82) is 0 Å². The highest BCUT2D eigenvalue weighted by atomic mass is 16.2. The third-order valence-electron chi connectivity index (χ3n) is 10.9. The van der Waals surface area contributed by atoms with Crippen molar-refractivity contribution in [2.45, 2.75) is 63.5 Å². The largest absolute Gasteiger partial charge is 0.382 e. The molecular formula is C42H45N9O6. The lowest BCUT2D eigenvalue weighted by molar-refractivity contribution is -0.134. The first-order chi connectivity index (χ1) is 27.5. The standard InChI is InChI=1S/C42H45N9O6/c43-35(52)10-6-2-5-9-34(30-21-27(22-31-32(30)23-46-39(31)54)29-15-16-36(53)49-40(29)55)50-17-19-51(20-18-50)42(57)26-13-11-25(12-14-26)33-24-45-38(44)37(48-33)41(56)47-28-7-3-1-4-8-28/h1,3-4,7-8,11-14,21-22,24,29,34H,2,5-6,9-10,15-20,23H2,(H2,43,52)(H2,44,45)(H,46,54)(H,47,56)(H,49,53,55). The van der Waals surface area contributed by atoms with Crippen LogP contribution in [0.1, 0.15) is 105 Å². The number of fused-ring (bicyclic) bond motifs is 1. The molecule has 1 aromatic heterocycles. The number of unbranched alkanes of at least 4 members (excludes halogenated alkanes) is 2. The molecule has 3 aliphatic rings. The van der Waals surface area contributed by atoms with Crippen LogP contribution in [-0.4, -0.2) is 81.4 Å². The first-order valence-electron chi connectivity index (χ1n) is 19.2. The second kappa shape index (κ2) is 17.1. The molecule has 57 heavy (non-hydrogen) atoms. The van der Waals surface area contributed by atoms with Crippen LogP contribution >= 0.6 is 0 Å². The number of carbonyl (C=O) groups is 6. The number of aromatic nitrogens is 2. The number of hydrogen-bond donors (Lipinski definition) is 5. The minimum Gasteiger partial charge on any atom is -0.382 e. The molecule has 2 fully saturated rings. The normalized spacial score (nSPS) is 17.4. The highest BCUT2D eigenvalue weighted by Crippen LogP contribution is 2.38. The zero-order valence-corrected chi connectivity index (χ0v) is 31.5. The lowest BCUT2D eigenvalue weighted by Crippen LogP contribution is -2.49. The maximum atomic E-state index is 13.8. The van der Waals surface area contributed by atoms with E-state index in [4.69, 9.17) is 11.5 Å². The van der Waals surface area contributed by atoms with E-state index in [-0.39, 0.29) is 53.5 Å². The number of rotatable bonds is 13. The summed E-state index contributed by atoms with van der Waals surface area (Å²) in [5.74, 6) is -2.35. The Hall–Kier alpha value is -6.48. The van der Waals surface area contributed by atoms with Gasteiger partial charge in [-0.2, -0.15) is 0 Å². The number of hydrogen-bond acceptors (Lipinski definition) is 10. The molecule has 2 unspecified atom stereocenters. The Kier molecular flexibility index (Phi) is 11.6. The van der Waals surface area contributed by atoms with Crippen LogP contribution in [0.2, 0.25) is 0 Å². The molecule has 3 aromatic carbocycles. The van der Waals surface area contributed by atoms with Gasteiger partial charge in [0.1, 0.15) is 0 Å². The number of anilines is 2. The monoisotopic (exact) mass is 771 g/mol. The molecule has 2 saturated heterocycles. The van der Waals surface area contributed by atoms with Gasteiger partial charge in [-0.15, -0.1) is 0 Å². The number of piperidine rings is 1. The molecule has 7 N–H and O–H groups in total. The Morgan fingerprint density at radius 2 is 1.68 bits per heavy atom. The number of para-hydroxylation sites is 1. The number of carbonyl (C=O) groups excluding carboxylic acids is 6. The van der Waals surface area contributed by atoms with E-state index in [2.05, 4.69) is 30.8 Å². The van der Waals surface area contributed by atoms with Crippen molar-refractivity contribution in [3.63, 3.8) is 0 Å². The number of amides is 6. The van der Waals surface area contributed by atoms with Gasteiger partial charge in [-0.25, -0.2) is 9.97 Å². The van der Waals surface area contributed by atoms with Crippen LogP contribution in [0.3, 0.4) is 0 Å². The summed E-state index contributed by atoms with van der Waals surface area (Å²) in [6.45, 7) is 2.45. The average Bonchev–Trinajstić information content (AvgIpc) is 3.59. The molecule has 6 amide bonds. The van der Waals surface area contributed by atoms with E-state index in [9.17, 15) is 28.8 Å². The Labute approximate surface area is 329 Å². The van der Waals surface area contributed by atoms with E-state index < -0.39 is 11.8 Å². The van der Waals surface area contributed by atoms with E-state index >= 15 is 0 Å². The van der Waals surface area contributed by atoms with Crippen molar-refractivity contribution in [3.8, 4) is 11.3 Å². The second-order valence-corrected chi connectivity index (χ2v) is 14.6. The molecule has 2 atom stereocenters. The molecule has 7 rings (SSSR count). The molecule has 15 heteroatoms. The van der Waals surface area contributed by atoms with E-state index in [0.29, 0.717) is 85.6 Å². The van der Waals surface area contributed by atoms with E-state index in [0.717, 1.165) is 30.4 Å². The van der Waals surface area contributed by atoms with Gasteiger partial charge in [-0.3, -0.25) is 39.0 Å². The summed E-state index contributed by atoms with van der Waals surface area (Å²) < 4.78 is 0. The molecule has 3 aliphatic heterocycles. The quantitative estimate of drug-likeness (QED) is 0.0980. The number of nitrogen functional groups attached to an aromatic ring is 1. The highest BCUT2D eigenvalue weighted by molar-refractivity contribution is 6.06. The molecule has 4 heterocycles. The number of piperazine rings is 1. The van der Waals surface area contributed by atoms with Crippen LogP contribution in [0.4, 0.5) is 11.5 Å². The molecule has 15 nitrogen and oxygen atoms in total. The van der Waals surface area contributed by atoms with E-state index in [1.54, 1.807) is 54.6 Å². The zero-order valence-electron chi connectivity index (χ0n) is 31.5. The lowest BCUT2D eigenvalue weighted by Gasteiger charge is -2.40. The van der Waals surface area contributed by atoms with Gasteiger partial charge in [0.15, 0.2) is 11.5 Å². The maximum absolute atomic E-state index is 13.8. The Bertz CT molecular complexity index is 2200. The molecule has 0 bridgehead atoms. The molecule has 0 spiro atoms. The first-order valence-corrected chi connectivity index (χ1v) is 19.2. The number of nitrogens with two attached hydrogens (primary N) is 2. The number of imide groups is 1. The van der Waals surface area contributed by atoms with Crippen LogP contribution in [0.5, 0.6) is 0 Å². The zero-order chi connectivity index (χ0) is 40.1. The van der Waals surface area contributed by atoms with Crippen molar-refractivity contribution in [3.05, 3.63) is 106 Å². The average molecular weight is 772 g/mol. The summed E-state index contributed by atoms with van der Waals surface area (Å²) in [5, 5.41) is 8.17. The second-order valence-electron chi connectivity index (χ2n) is 14.6. The summed E-state index contributed by atoms with van der Waals surface area (Å²) >= 11 is 0. The molecule has 0 radical (unpaired) electrons. The predicted octanol–water partition coefficient (Wildman–Crippen LogP) is 3.68. The summed E-state index contributed by atoms with van der Waals surface area (Å²) in [4.78, 5) is 88.8. The molecular weight excluding hydrogens is 727 g/mol. The maximum Gasteiger partial charge on any atom is 0.278 e. The minimum atomic E-state index is -0.550. The van der Waals surface area contributed by atoms with Crippen LogP contribution in [0.25, 0.3) is 11.3 Å². The topological polar surface area (TPSA) is 223 Å². The van der Waals surface area contributed by atoms with Crippen LogP contribution in [-0.2, 0) is 20.9 Å². The van der Waals surface area contributed by atoms with Gasteiger partial charge in [-0.1, -0.05) is 49.2 Å². The predicted molar refractivity (Wildman–Crippen MR) is 212 cm³/mol. The van der Waals surface area contributed by atoms with Gasteiger partial charge < -0.3 is 27.0 Å². The van der Waals surface area contributed by atoms with E-state index in [1.807, 2.05) is 17.0 Å². The number of nitrogens with one attached hydrogen (secondary N) is 3. The summed E-state index contributed by atoms with van der Waals surface area (Å²) in [6.07, 6.45) is 5.40. The molecule has 294 valence electrons. The fraction of sp³-hybridized carbons (Fsp3) is 0.333. The lowest BCUT2D eigenvalue weighted by atomic mass is 9.84. The smallest absolute Gasteiger partial charge is 0.278 e. The third kappa shape index (κ3) is 8.83. The van der Waals surface area contributed by atoms with Crippen molar-refractivity contribution < 1.29 is 28.8 Å². The van der Waals surface area contributed by atoms with Gasteiger partial charge >= 0.3 is 0 Å². The Balaban J connectivity index is 1.06. The van der Waals surface area contributed by atoms with E-state index in [1.165, 1.54) is 6.20 Å². The molecule has 0 aliphatic carbocycles. The summed E-state index contributed by atoms with van der Waals surface area (Å²) in [7, 11) is 0. The van der Waals surface area contributed by atoms with Crippen LogP contribution in [0.15, 0.2) is 72.9 Å². The first kappa shape index (κ1) is 38.8. The molecule has 0 saturated carbocycles. The number of benzene rings is 3. The van der Waals surface area contributed by atoms with Crippen molar-refractivity contribution >= 4 is 46.9 Å². The third-order valence-corrected chi connectivity index (χ3v) is 10.9. The van der Waals surface area contributed by atoms with Crippen molar-refractivity contribution in [1.82, 2.24) is 30.4 Å². The van der Waals surface area contributed by atoms with Crippen LogP contribution in [0, 0.1) is 0 Å². The Morgan fingerprint density at radius 3 is 2.40 bits per heavy atom.